The molecule has 3 N–H and O–H groups in total. The van der Waals surface area contributed by atoms with Crippen molar-refractivity contribution in [1.29, 1.82) is 0 Å². The van der Waals surface area contributed by atoms with E-state index in [2.05, 4.69) is 45.8 Å². The summed E-state index contributed by atoms with van der Waals surface area (Å²) < 4.78 is 6.48. The Bertz CT molecular complexity index is 571. The van der Waals surface area contributed by atoms with E-state index in [0.29, 0.717) is 0 Å². The van der Waals surface area contributed by atoms with E-state index in [1.807, 2.05) is 12.1 Å². The van der Waals surface area contributed by atoms with Crippen LogP contribution in [-0.4, -0.2) is 7.11 Å². The van der Waals surface area contributed by atoms with Gasteiger partial charge in [-0.3, -0.25) is 11.3 Å². The molecule has 0 aliphatic carbocycles. The molecule has 0 saturated heterocycles. The van der Waals surface area contributed by atoms with Gasteiger partial charge in [-0.1, -0.05) is 22.9 Å². The minimum Gasteiger partial charge on any atom is -0.496 e. The minimum absolute atomic E-state index is 0.105. The van der Waals surface area contributed by atoms with Crippen molar-refractivity contribution in [3.63, 3.8) is 0 Å². The summed E-state index contributed by atoms with van der Waals surface area (Å²) in [6.07, 6.45) is 1.82. The molecule has 1 atom stereocenters. The van der Waals surface area contributed by atoms with E-state index < -0.39 is 0 Å². The fourth-order valence-corrected chi connectivity index (χ4v) is 3.77. The first kappa shape index (κ1) is 15.5. The standard InChI is InChI=1S/C15H19BrN2OS/c1-3-10-6-7-20-15(10)13(18-17)9-11-8-12(16)4-5-14(11)19-2/h4-8,13,18H,3,9,17H2,1-2H3. The van der Waals surface area contributed by atoms with Crippen molar-refractivity contribution >= 4 is 27.3 Å². The van der Waals surface area contributed by atoms with Crippen molar-refractivity contribution in [2.45, 2.75) is 25.8 Å². The van der Waals surface area contributed by atoms with Crippen LogP contribution < -0.4 is 16.0 Å². The summed E-state index contributed by atoms with van der Waals surface area (Å²) in [5.74, 6) is 6.66. The van der Waals surface area contributed by atoms with E-state index in [4.69, 9.17) is 10.6 Å². The summed E-state index contributed by atoms with van der Waals surface area (Å²) in [6.45, 7) is 2.17. The van der Waals surface area contributed by atoms with Crippen LogP contribution in [0.3, 0.4) is 0 Å². The number of benzene rings is 1. The van der Waals surface area contributed by atoms with Crippen molar-refractivity contribution in [1.82, 2.24) is 5.43 Å². The first-order valence-corrected chi connectivity index (χ1v) is 8.21. The monoisotopic (exact) mass is 354 g/mol. The van der Waals surface area contributed by atoms with Gasteiger partial charge < -0.3 is 4.74 Å². The third-order valence-electron chi connectivity index (χ3n) is 3.35. The Morgan fingerprint density at radius 3 is 2.80 bits per heavy atom. The van der Waals surface area contributed by atoms with Crippen LogP contribution in [0, 0.1) is 0 Å². The average molecular weight is 355 g/mol. The number of hydrazine groups is 1. The van der Waals surface area contributed by atoms with Crippen LogP contribution >= 0.6 is 27.3 Å². The first-order valence-electron chi connectivity index (χ1n) is 6.54. The lowest BCUT2D eigenvalue weighted by atomic mass is 10.0. The second-order valence-electron chi connectivity index (χ2n) is 4.54. The number of nitrogens with two attached hydrogens (primary N) is 1. The average Bonchev–Trinajstić information content (AvgIpc) is 2.93. The maximum Gasteiger partial charge on any atom is 0.122 e. The van der Waals surface area contributed by atoms with Gasteiger partial charge in [0.15, 0.2) is 0 Å². The number of aryl methyl sites for hydroxylation is 1. The fourth-order valence-electron chi connectivity index (χ4n) is 2.30. The predicted octanol–water partition coefficient (Wildman–Crippen LogP) is 3.83. The number of rotatable bonds is 6. The molecule has 1 aromatic heterocycles. The van der Waals surface area contributed by atoms with E-state index in [1.165, 1.54) is 10.4 Å². The summed E-state index contributed by atoms with van der Waals surface area (Å²) in [6, 6.07) is 8.32. The lowest BCUT2D eigenvalue weighted by Gasteiger charge is -2.18. The van der Waals surface area contributed by atoms with Gasteiger partial charge in [0, 0.05) is 9.35 Å². The Morgan fingerprint density at radius 2 is 2.15 bits per heavy atom. The number of halogens is 1. The number of hydrogen-bond acceptors (Lipinski definition) is 4. The Hall–Kier alpha value is -0.880. The molecular weight excluding hydrogens is 336 g/mol. The highest BCUT2D eigenvalue weighted by atomic mass is 79.9. The van der Waals surface area contributed by atoms with Gasteiger partial charge in [0.05, 0.1) is 13.2 Å². The van der Waals surface area contributed by atoms with Gasteiger partial charge in [-0.25, -0.2) is 0 Å². The van der Waals surface area contributed by atoms with Crippen molar-refractivity contribution in [2.24, 2.45) is 5.84 Å². The highest BCUT2D eigenvalue weighted by Gasteiger charge is 2.17. The van der Waals surface area contributed by atoms with Crippen molar-refractivity contribution in [3.8, 4) is 5.75 Å². The van der Waals surface area contributed by atoms with Gasteiger partial charge >= 0.3 is 0 Å². The Morgan fingerprint density at radius 1 is 1.35 bits per heavy atom. The zero-order chi connectivity index (χ0) is 14.5. The summed E-state index contributed by atoms with van der Waals surface area (Å²) in [4.78, 5) is 1.30. The molecule has 0 aliphatic heterocycles. The van der Waals surface area contributed by atoms with Crippen molar-refractivity contribution in [3.05, 3.63) is 50.1 Å². The van der Waals surface area contributed by atoms with Gasteiger partial charge in [-0.2, -0.15) is 0 Å². The molecule has 0 radical (unpaired) electrons. The third kappa shape index (κ3) is 3.41. The molecule has 5 heteroatoms. The quantitative estimate of drug-likeness (QED) is 0.612. The van der Waals surface area contributed by atoms with Crippen LogP contribution in [0.1, 0.15) is 29.0 Å². The van der Waals surface area contributed by atoms with Crippen molar-refractivity contribution in [2.75, 3.05) is 7.11 Å². The molecular formula is C15H19BrN2OS. The molecule has 0 aliphatic rings. The minimum atomic E-state index is 0.105. The number of hydrogen-bond donors (Lipinski definition) is 2. The lowest BCUT2D eigenvalue weighted by molar-refractivity contribution is 0.405. The molecule has 1 unspecified atom stereocenters. The molecule has 0 spiro atoms. The zero-order valence-corrected chi connectivity index (χ0v) is 14.1. The molecule has 0 saturated carbocycles. The van der Waals surface area contributed by atoms with Gasteiger partial charge in [0.2, 0.25) is 0 Å². The molecule has 0 fully saturated rings. The lowest BCUT2D eigenvalue weighted by Crippen LogP contribution is -2.29. The summed E-state index contributed by atoms with van der Waals surface area (Å²) >= 11 is 5.26. The Labute approximate surface area is 132 Å². The Balaban J connectivity index is 2.29. The zero-order valence-electron chi connectivity index (χ0n) is 11.7. The van der Waals surface area contributed by atoms with Crippen LogP contribution in [0.15, 0.2) is 34.1 Å². The maximum absolute atomic E-state index is 5.77. The highest BCUT2D eigenvalue weighted by molar-refractivity contribution is 9.10. The van der Waals surface area contributed by atoms with Crippen molar-refractivity contribution < 1.29 is 4.74 Å². The van der Waals surface area contributed by atoms with Gasteiger partial charge in [0.25, 0.3) is 0 Å². The molecule has 1 aromatic carbocycles. The summed E-state index contributed by atoms with van der Waals surface area (Å²) in [5, 5.41) is 2.12. The topological polar surface area (TPSA) is 47.3 Å². The first-order chi connectivity index (χ1) is 9.69. The smallest absolute Gasteiger partial charge is 0.122 e. The van der Waals surface area contributed by atoms with Gasteiger partial charge in [-0.05, 0) is 53.6 Å². The normalized spacial score (nSPS) is 12.4. The third-order valence-corrected chi connectivity index (χ3v) is 4.91. The van der Waals surface area contributed by atoms with Crippen LogP contribution in [0.5, 0.6) is 5.75 Å². The summed E-state index contributed by atoms with van der Waals surface area (Å²) in [5.41, 5.74) is 5.43. The molecule has 1 heterocycles. The van der Waals surface area contributed by atoms with E-state index in [1.54, 1.807) is 18.4 Å². The number of methoxy groups -OCH3 is 1. The molecule has 2 aromatic rings. The van der Waals surface area contributed by atoms with Crippen LogP contribution in [0.25, 0.3) is 0 Å². The molecule has 20 heavy (non-hydrogen) atoms. The van der Waals surface area contributed by atoms with Crippen LogP contribution in [0.4, 0.5) is 0 Å². The van der Waals surface area contributed by atoms with E-state index in [9.17, 15) is 0 Å². The fraction of sp³-hybridized carbons (Fsp3) is 0.333. The molecule has 3 nitrogen and oxygen atoms in total. The van der Waals surface area contributed by atoms with Crippen LogP contribution in [-0.2, 0) is 12.8 Å². The Kier molecular flexibility index (Phi) is 5.60. The van der Waals surface area contributed by atoms with Gasteiger partial charge in [-0.15, -0.1) is 11.3 Å². The second-order valence-corrected chi connectivity index (χ2v) is 6.41. The summed E-state index contributed by atoms with van der Waals surface area (Å²) in [7, 11) is 1.69. The maximum atomic E-state index is 5.77. The molecule has 108 valence electrons. The SMILES string of the molecule is CCc1ccsc1C(Cc1cc(Br)ccc1OC)NN. The highest BCUT2D eigenvalue weighted by Crippen LogP contribution is 2.31. The molecule has 0 bridgehead atoms. The van der Waals surface area contributed by atoms with Crippen LogP contribution in [0.2, 0.25) is 0 Å². The molecule has 2 rings (SSSR count). The number of thiophene rings is 1. The number of nitrogens with one attached hydrogen (secondary N) is 1. The largest absolute Gasteiger partial charge is 0.496 e. The molecule has 0 amide bonds. The second kappa shape index (κ2) is 7.22. The predicted molar refractivity (Wildman–Crippen MR) is 88.2 cm³/mol. The van der Waals surface area contributed by atoms with E-state index in [-0.39, 0.29) is 6.04 Å². The number of ether oxygens (including phenoxy) is 1. The van der Waals surface area contributed by atoms with E-state index in [0.717, 1.165) is 28.6 Å². The van der Waals surface area contributed by atoms with Gasteiger partial charge in [0.1, 0.15) is 5.75 Å². The van der Waals surface area contributed by atoms with E-state index >= 15 is 0 Å².